The van der Waals surface area contributed by atoms with Gasteiger partial charge in [0.15, 0.2) is 0 Å². The predicted octanol–water partition coefficient (Wildman–Crippen LogP) is 2.74. The number of nitrogens with zero attached hydrogens (tertiary/aromatic N) is 2. The van der Waals surface area contributed by atoms with Gasteiger partial charge in [-0.25, -0.2) is 4.98 Å². The van der Waals surface area contributed by atoms with Crippen LogP contribution in [-0.4, -0.2) is 24.6 Å². The number of pyridine rings is 1. The number of aromatic nitrogens is 1. The van der Waals surface area contributed by atoms with Crippen LogP contribution in [0.15, 0.2) is 18.3 Å². The van der Waals surface area contributed by atoms with Crippen molar-refractivity contribution in [3.63, 3.8) is 0 Å². The Labute approximate surface area is 104 Å². The minimum Gasteiger partial charge on any atom is -0.357 e. The molecule has 1 aliphatic heterocycles. The molecular formula is C14H23N3. The van der Waals surface area contributed by atoms with Crippen molar-refractivity contribution in [2.75, 3.05) is 24.5 Å². The van der Waals surface area contributed by atoms with Crippen LogP contribution < -0.4 is 10.2 Å². The van der Waals surface area contributed by atoms with Crippen LogP contribution in [0.4, 0.5) is 5.82 Å². The summed E-state index contributed by atoms with van der Waals surface area (Å²) in [5.41, 5.74) is 1.27. The van der Waals surface area contributed by atoms with Crippen molar-refractivity contribution in [1.29, 1.82) is 0 Å². The molecule has 1 aromatic heterocycles. The van der Waals surface area contributed by atoms with E-state index in [0.29, 0.717) is 6.04 Å². The fourth-order valence-electron chi connectivity index (χ4n) is 2.39. The van der Waals surface area contributed by atoms with Crippen LogP contribution in [0.1, 0.15) is 44.7 Å². The first kappa shape index (κ1) is 12.4. The minimum absolute atomic E-state index is 0.392. The first-order valence-electron chi connectivity index (χ1n) is 6.75. The lowest BCUT2D eigenvalue weighted by molar-refractivity contribution is 0.571. The second-order valence-electron chi connectivity index (χ2n) is 4.78. The van der Waals surface area contributed by atoms with Crippen LogP contribution in [0.2, 0.25) is 0 Å². The van der Waals surface area contributed by atoms with E-state index >= 15 is 0 Å². The summed E-state index contributed by atoms with van der Waals surface area (Å²) < 4.78 is 0. The Kier molecular flexibility index (Phi) is 4.37. The highest BCUT2D eigenvalue weighted by atomic mass is 15.2. The molecule has 1 saturated heterocycles. The molecular weight excluding hydrogens is 210 g/mol. The van der Waals surface area contributed by atoms with E-state index in [4.69, 9.17) is 0 Å². The summed E-state index contributed by atoms with van der Waals surface area (Å²) in [5, 5.41) is 3.41. The van der Waals surface area contributed by atoms with Gasteiger partial charge in [-0.05, 0) is 44.4 Å². The van der Waals surface area contributed by atoms with Crippen molar-refractivity contribution in [3.05, 3.63) is 23.9 Å². The Bertz CT molecular complexity index is 328. The number of nitrogens with one attached hydrogen (secondary N) is 1. The quantitative estimate of drug-likeness (QED) is 0.866. The lowest BCUT2D eigenvalue weighted by Gasteiger charge is -2.28. The first-order valence-corrected chi connectivity index (χ1v) is 6.75. The van der Waals surface area contributed by atoms with E-state index in [1.54, 1.807) is 0 Å². The fraction of sp³-hybridized carbons (Fsp3) is 0.643. The summed E-state index contributed by atoms with van der Waals surface area (Å²) in [6.45, 7) is 7.63. The Morgan fingerprint density at radius 2 is 2.06 bits per heavy atom. The van der Waals surface area contributed by atoms with Gasteiger partial charge >= 0.3 is 0 Å². The second kappa shape index (κ2) is 6.01. The summed E-state index contributed by atoms with van der Waals surface area (Å²) >= 11 is 0. The molecule has 3 nitrogen and oxygen atoms in total. The maximum Gasteiger partial charge on any atom is 0.128 e. The maximum absolute atomic E-state index is 4.59. The van der Waals surface area contributed by atoms with Crippen molar-refractivity contribution < 1.29 is 0 Å². The van der Waals surface area contributed by atoms with E-state index in [0.717, 1.165) is 25.5 Å². The van der Waals surface area contributed by atoms with Crippen molar-refractivity contribution in [2.24, 2.45) is 0 Å². The van der Waals surface area contributed by atoms with Crippen molar-refractivity contribution >= 4 is 5.82 Å². The summed E-state index contributed by atoms with van der Waals surface area (Å²) in [6.07, 6.45) is 5.98. The molecule has 3 heteroatoms. The number of rotatable bonds is 4. The van der Waals surface area contributed by atoms with Gasteiger partial charge in [-0.3, -0.25) is 0 Å². The van der Waals surface area contributed by atoms with Crippen LogP contribution in [0.3, 0.4) is 0 Å². The summed E-state index contributed by atoms with van der Waals surface area (Å²) in [4.78, 5) is 6.99. The summed E-state index contributed by atoms with van der Waals surface area (Å²) in [5.74, 6) is 1.14. The van der Waals surface area contributed by atoms with E-state index in [1.807, 2.05) is 6.20 Å². The zero-order chi connectivity index (χ0) is 12.1. The van der Waals surface area contributed by atoms with Gasteiger partial charge < -0.3 is 10.2 Å². The molecule has 1 atom stereocenters. The highest BCUT2D eigenvalue weighted by molar-refractivity contribution is 5.40. The normalized spacial score (nSPS) is 18.1. The molecule has 0 aromatic carbocycles. The lowest BCUT2D eigenvalue weighted by Crippen LogP contribution is -2.30. The topological polar surface area (TPSA) is 28.2 Å². The third-order valence-electron chi connectivity index (χ3n) is 3.46. The maximum atomic E-state index is 4.59. The van der Waals surface area contributed by atoms with E-state index in [2.05, 4.69) is 41.2 Å². The molecule has 0 amide bonds. The van der Waals surface area contributed by atoms with E-state index in [9.17, 15) is 0 Å². The third-order valence-corrected chi connectivity index (χ3v) is 3.46. The van der Waals surface area contributed by atoms with Crippen molar-refractivity contribution in [2.45, 2.75) is 39.2 Å². The summed E-state index contributed by atoms with van der Waals surface area (Å²) in [6, 6.07) is 4.75. The second-order valence-corrected chi connectivity index (χ2v) is 4.78. The molecule has 2 heterocycles. The van der Waals surface area contributed by atoms with Gasteiger partial charge in [0.25, 0.3) is 0 Å². The Morgan fingerprint density at radius 3 is 2.65 bits per heavy atom. The van der Waals surface area contributed by atoms with E-state index in [-0.39, 0.29) is 0 Å². The monoisotopic (exact) mass is 233 g/mol. The van der Waals surface area contributed by atoms with Gasteiger partial charge in [0.05, 0.1) is 0 Å². The highest BCUT2D eigenvalue weighted by Gasteiger charge is 2.12. The Hall–Kier alpha value is -1.09. The molecule has 0 spiro atoms. The van der Waals surface area contributed by atoms with Gasteiger partial charge in [-0.1, -0.05) is 13.0 Å². The molecule has 1 unspecified atom stereocenters. The number of hydrogen-bond donors (Lipinski definition) is 1. The molecule has 17 heavy (non-hydrogen) atoms. The molecule has 0 saturated carbocycles. The smallest absolute Gasteiger partial charge is 0.128 e. The lowest BCUT2D eigenvalue weighted by atomic mass is 10.1. The fourth-order valence-corrected chi connectivity index (χ4v) is 2.39. The average molecular weight is 233 g/mol. The predicted molar refractivity (Wildman–Crippen MR) is 72.4 cm³/mol. The number of anilines is 1. The van der Waals surface area contributed by atoms with E-state index < -0.39 is 0 Å². The van der Waals surface area contributed by atoms with Gasteiger partial charge in [0, 0.05) is 25.3 Å². The highest BCUT2D eigenvalue weighted by Crippen LogP contribution is 2.19. The van der Waals surface area contributed by atoms with Gasteiger partial charge in [0.1, 0.15) is 5.82 Å². The molecule has 1 N–H and O–H groups in total. The van der Waals surface area contributed by atoms with Gasteiger partial charge in [-0.15, -0.1) is 0 Å². The minimum atomic E-state index is 0.392. The van der Waals surface area contributed by atoms with Crippen LogP contribution in [-0.2, 0) is 0 Å². The molecule has 0 aliphatic carbocycles. The molecule has 0 radical (unpaired) electrons. The molecule has 1 fully saturated rings. The molecule has 0 bridgehead atoms. The van der Waals surface area contributed by atoms with Crippen LogP contribution >= 0.6 is 0 Å². The third kappa shape index (κ3) is 3.19. The SMILES string of the molecule is CCNC(C)c1ccc(N2CCCCC2)nc1. The number of piperidine rings is 1. The van der Waals surface area contributed by atoms with Gasteiger partial charge in [-0.2, -0.15) is 0 Å². The zero-order valence-corrected chi connectivity index (χ0v) is 10.9. The Morgan fingerprint density at radius 1 is 1.29 bits per heavy atom. The summed E-state index contributed by atoms with van der Waals surface area (Å²) in [7, 11) is 0. The van der Waals surface area contributed by atoms with Crippen LogP contribution in [0.5, 0.6) is 0 Å². The largest absolute Gasteiger partial charge is 0.357 e. The average Bonchev–Trinajstić information content (AvgIpc) is 2.40. The van der Waals surface area contributed by atoms with Crippen LogP contribution in [0.25, 0.3) is 0 Å². The Balaban J connectivity index is 2.01. The first-order chi connectivity index (χ1) is 8.31. The van der Waals surface area contributed by atoms with Gasteiger partial charge in [0.2, 0.25) is 0 Å². The van der Waals surface area contributed by atoms with Crippen molar-refractivity contribution in [1.82, 2.24) is 10.3 Å². The van der Waals surface area contributed by atoms with Crippen molar-refractivity contribution in [3.8, 4) is 0 Å². The standard InChI is InChI=1S/C14H23N3/c1-3-15-12(2)13-7-8-14(16-11-13)17-9-5-4-6-10-17/h7-8,11-12,15H,3-6,9-10H2,1-2H3. The molecule has 2 rings (SSSR count). The zero-order valence-electron chi connectivity index (χ0n) is 10.9. The number of hydrogen-bond acceptors (Lipinski definition) is 3. The van der Waals surface area contributed by atoms with Crippen LogP contribution in [0, 0.1) is 0 Å². The molecule has 94 valence electrons. The molecule has 1 aromatic rings. The van der Waals surface area contributed by atoms with E-state index in [1.165, 1.54) is 24.8 Å². The molecule has 1 aliphatic rings.